The predicted octanol–water partition coefficient (Wildman–Crippen LogP) is 1.61. The molecule has 2 rings (SSSR count). The average Bonchev–Trinajstić information content (AvgIpc) is 2.47. The molecule has 0 bridgehead atoms. The van der Waals surface area contributed by atoms with Crippen molar-refractivity contribution in [2.24, 2.45) is 5.84 Å². The van der Waals surface area contributed by atoms with Gasteiger partial charge in [-0.25, -0.2) is 15.8 Å². The maximum Gasteiger partial charge on any atom is 0.145 e. The number of hydrogen-bond donors (Lipinski definition) is 3. The first-order chi connectivity index (χ1) is 9.75. The lowest BCUT2D eigenvalue weighted by atomic mass is 10.1. The van der Waals surface area contributed by atoms with Gasteiger partial charge in [-0.2, -0.15) is 0 Å². The second-order valence-electron chi connectivity index (χ2n) is 5.33. The summed E-state index contributed by atoms with van der Waals surface area (Å²) < 4.78 is 0. The Hall–Kier alpha value is -1.40. The van der Waals surface area contributed by atoms with Crippen LogP contribution in [0, 0.1) is 0 Å². The molecule has 1 aliphatic rings. The fourth-order valence-electron chi connectivity index (χ4n) is 2.65. The average molecular weight is 278 g/mol. The number of nitrogen functional groups attached to an aromatic ring is 1. The Morgan fingerprint density at radius 1 is 1.35 bits per heavy atom. The quantitative estimate of drug-likeness (QED) is 0.542. The van der Waals surface area contributed by atoms with Crippen LogP contribution in [-0.2, 0) is 6.42 Å². The van der Waals surface area contributed by atoms with Gasteiger partial charge in [-0.05, 0) is 32.4 Å². The molecule has 1 aliphatic heterocycles. The number of hydrazine groups is 1. The van der Waals surface area contributed by atoms with E-state index in [1.54, 1.807) is 0 Å². The van der Waals surface area contributed by atoms with Gasteiger partial charge in [-0.3, -0.25) is 0 Å². The maximum absolute atomic E-state index is 5.48. The second-order valence-corrected chi connectivity index (χ2v) is 5.33. The van der Waals surface area contributed by atoms with E-state index in [1.807, 2.05) is 6.07 Å². The Kier molecular flexibility index (Phi) is 5.55. The van der Waals surface area contributed by atoms with E-state index in [0.717, 1.165) is 37.6 Å². The highest BCUT2D eigenvalue weighted by atomic mass is 15.3. The molecule has 0 spiro atoms. The van der Waals surface area contributed by atoms with Crippen LogP contribution in [0.4, 0.5) is 11.6 Å². The van der Waals surface area contributed by atoms with Gasteiger partial charge in [0.1, 0.15) is 17.5 Å². The number of likely N-dealkylation sites (tertiary alicyclic amines) is 1. The Labute approximate surface area is 121 Å². The maximum atomic E-state index is 5.48. The number of rotatable bonds is 6. The van der Waals surface area contributed by atoms with E-state index in [9.17, 15) is 0 Å². The fourth-order valence-corrected chi connectivity index (χ4v) is 2.65. The lowest BCUT2D eigenvalue weighted by Gasteiger charge is -2.32. The van der Waals surface area contributed by atoms with E-state index >= 15 is 0 Å². The summed E-state index contributed by atoms with van der Waals surface area (Å²) in [5.41, 5.74) is 2.62. The first-order valence-corrected chi connectivity index (χ1v) is 7.58. The Morgan fingerprint density at radius 3 is 2.85 bits per heavy atom. The summed E-state index contributed by atoms with van der Waals surface area (Å²) in [6, 6.07) is 2.34. The van der Waals surface area contributed by atoms with Crippen molar-refractivity contribution >= 4 is 11.6 Å². The molecule has 1 fully saturated rings. The Morgan fingerprint density at radius 2 is 2.15 bits per heavy atom. The minimum absolute atomic E-state index is 0.457. The molecule has 112 valence electrons. The summed E-state index contributed by atoms with van der Waals surface area (Å²) in [4.78, 5) is 11.4. The molecule has 6 nitrogen and oxygen atoms in total. The molecule has 4 N–H and O–H groups in total. The third-order valence-electron chi connectivity index (χ3n) is 3.70. The minimum Gasteiger partial charge on any atom is -0.366 e. The van der Waals surface area contributed by atoms with Gasteiger partial charge in [-0.15, -0.1) is 0 Å². The molecule has 1 aromatic rings. The summed E-state index contributed by atoms with van der Waals surface area (Å²) in [6.45, 7) is 7.73. The lowest BCUT2D eigenvalue weighted by molar-refractivity contribution is 0.226. The Bertz CT molecular complexity index is 422. The molecule has 20 heavy (non-hydrogen) atoms. The van der Waals surface area contributed by atoms with Crippen LogP contribution >= 0.6 is 0 Å². The molecule has 0 radical (unpaired) electrons. The predicted molar refractivity (Wildman–Crippen MR) is 82.6 cm³/mol. The van der Waals surface area contributed by atoms with Crippen LogP contribution in [0.25, 0.3) is 0 Å². The highest BCUT2D eigenvalue weighted by molar-refractivity contribution is 5.47. The van der Waals surface area contributed by atoms with Gasteiger partial charge in [-0.1, -0.05) is 13.8 Å². The summed E-state index contributed by atoms with van der Waals surface area (Å²) >= 11 is 0. The number of anilines is 2. The van der Waals surface area contributed by atoms with Gasteiger partial charge in [0.2, 0.25) is 0 Å². The summed E-state index contributed by atoms with van der Waals surface area (Å²) in [5.74, 6) is 7.88. The van der Waals surface area contributed by atoms with Crippen molar-refractivity contribution in [2.45, 2.75) is 45.6 Å². The highest BCUT2D eigenvalue weighted by Crippen LogP contribution is 2.17. The van der Waals surface area contributed by atoms with E-state index in [0.29, 0.717) is 11.9 Å². The number of nitrogens with zero attached hydrogens (tertiary/aromatic N) is 3. The van der Waals surface area contributed by atoms with Crippen molar-refractivity contribution in [1.29, 1.82) is 0 Å². The van der Waals surface area contributed by atoms with E-state index < -0.39 is 0 Å². The van der Waals surface area contributed by atoms with Crippen molar-refractivity contribution in [3.8, 4) is 0 Å². The zero-order chi connectivity index (χ0) is 14.4. The number of piperidine rings is 1. The van der Waals surface area contributed by atoms with Crippen LogP contribution in [0.3, 0.4) is 0 Å². The van der Waals surface area contributed by atoms with E-state index in [2.05, 4.69) is 39.5 Å². The largest absolute Gasteiger partial charge is 0.366 e. The van der Waals surface area contributed by atoms with Gasteiger partial charge >= 0.3 is 0 Å². The number of aromatic nitrogens is 2. The van der Waals surface area contributed by atoms with Gasteiger partial charge in [0, 0.05) is 25.1 Å². The molecule has 1 atom stereocenters. The Balaban J connectivity index is 2.05. The third-order valence-corrected chi connectivity index (χ3v) is 3.70. The van der Waals surface area contributed by atoms with Gasteiger partial charge in [0.25, 0.3) is 0 Å². The standard InChI is InChI=1S/C14H26N6/c1-3-6-12-17-13(9-14(18-12)19-15)16-11-7-5-8-20(4-2)10-11/h9,11H,3-8,10,15H2,1-2H3,(H2,16,17,18,19). The monoisotopic (exact) mass is 278 g/mol. The molecule has 0 saturated carbocycles. The van der Waals surface area contributed by atoms with Gasteiger partial charge in [0.05, 0.1) is 0 Å². The van der Waals surface area contributed by atoms with Crippen molar-refractivity contribution in [3.05, 3.63) is 11.9 Å². The molecule has 2 heterocycles. The van der Waals surface area contributed by atoms with Gasteiger partial charge in [0.15, 0.2) is 0 Å². The molecule has 0 aromatic carbocycles. The molecule has 0 amide bonds. The van der Waals surface area contributed by atoms with Crippen LogP contribution < -0.4 is 16.6 Å². The van der Waals surface area contributed by atoms with E-state index in [-0.39, 0.29) is 0 Å². The normalized spacial score (nSPS) is 19.9. The molecule has 0 aliphatic carbocycles. The van der Waals surface area contributed by atoms with E-state index in [1.165, 1.54) is 19.4 Å². The molecular formula is C14H26N6. The topological polar surface area (TPSA) is 79.1 Å². The van der Waals surface area contributed by atoms with Crippen molar-refractivity contribution in [1.82, 2.24) is 14.9 Å². The zero-order valence-corrected chi connectivity index (χ0v) is 12.5. The number of aryl methyl sites for hydroxylation is 1. The first-order valence-electron chi connectivity index (χ1n) is 7.58. The molecule has 6 heteroatoms. The molecule has 1 saturated heterocycles. The summed E-state index contributed by atoms with van der Waals surface area (Å²) in [7, 11) is 0. The third kappa shape index (κ3) is 4.05. The van der Waals surface area contributed by atoms with Crippen LogP contribution in [0.2, 0.25) is 0 Å². The zero-order valence-electron chi connectivity index (χ0n) is 12.5. The summed E-state index contributed by atoms with van der Waals surface area (Å²) in [5, 5.41) is 3.53. The van der Waals surface area contributed by atoms with E-state index in [4.69, 9.17) is 5.84 Å². The van der Waals surface area contributed by atoms with Crippen LogP contribution in [-0.4, -0.2) is 40.5 Å². The van der Waals surface area contributed by atoms with Crippen LogP contribution in [0.5, 0.6) is 0 Å². The molecule has 1 aromatic heterocycles. The van der Waals surface area contributed by atoms with Gasteiger partial charge < -0.3 is 15.6 Å². The molecule has 1 unspecified atom stereocenters. The minimum atomic E-state index is 0.457. The lowest BCUT2D eigenvalue weighted by Crippen LogP contribution is -2.42. The fraction of sp³-hybridized carbons (Fsp3) is 0.714. The van der Waals surface area contributed by atoms with Crippen molar-refractivity contribution in [2.75, 3.05) is 30.4 Å². The summed E-state index contributed by atoms with van der Waals surface area (Å²) in [6.07, 6.45) is 4.33. The van der Waals surface area contributed by atoms with Crippen LogP contribution in [0.15, 0.2) is 6.07 Å². The number of hydrogen-bond acceptors (Lipinski definition) is 6. The number of nitrogens with one attached hydrogen (secondary N) is 2. The second kappa shape index (κ2) is 7.40. The smallest absolute Gasteiger partial charge is 0.145 e. The number of nitrogens with two attached hydrogens (primary N) is 1. The van der Waals surface area contributed by atoms with Crippen LogP contribution in [0.1, 0.15) is 38.9 Å². The SMILES string of the molecule is CCCc1nc(NN)cc(NC2CCCN(CC)C2)n1. The van der Waals surface area contributed by atoms with Crippen molar-refractivity contribution < 1.29 is 0 Å². The van der Waals surface area contributed by atoms with Crippen molar-refractivity contribution in [3.63, 3.8) is 0 Å². The number of likely N-dealkylation sites (N-methyl/N-ethyl adjacent to an activating group) is 1. The highest BCUT2D eigenvalue weighted by Gasteiger charge is 2.19. The first kappa shape index (κ1) is 15.0. The molecular weight excluding hydrogens is 252 g/mol.